The van der Waals surface area contributed by atoms with Crippen LogP contribution in [-0.2, 0) is 9.47 Å². The molecule has 20 heavy (non-hydrogen) atoms. The van der Waals surface area contributed by atoms with E-state index in [1.165, 1.54) is 12.1 Å². The Morgan fingerprint density at radius 1 is 1.15 bits per heavy atom. The second kappa shape index (κ2) is 7.47. The highest BCUT2D eigenvalue weighted by molar-refractivity contribution is 5.30. The average Bonchev–Trinajstić information content (AvgIpc) is 2.36. The van der Waals surface area contributed by atoms with E-state index in [2.05, 4.69) is 4.74 Å². The van der Waals surface area contributed by atoms with Gasteiger partial charge in [0, 0.05) is 13.2 Å². The Bertz CT molecular complexity index is 403. The summed E-state index contributed by atoms with van der Waals surface area (Å²) in [6.07, 6.45) is -6.92. The maximum absolute atomic E-state index is 12.1. The number of rotatable bonds is 7. The summed E-state index contributed by atoms with van der Waals surface area (Å²) in [6.45, 7) is 4.06. The second-order valence-corrected chi connectivity index (χ2v) is 3.84. The number of hydrogen-bond acceptors (Lipinski definition) is 4. The Hall–Kier alpha value is -1.31. The van der Waals surface area contributed by atoms with Crippen LogP contribution in [0.1, 0.15) is 25.5 Å². The van der Waals surface area contributed by atoms with Crippen molar-refractivity contribution in [3.8, 4) is 5.75 Å². The van der Waals surface area contributed by atoms with Crippen molar-refractivity contribution in [1.82, 2.24) is 0 Å². The largest absolute Gasteiger partial charge is 0.573 e. The number of ether oxygens (including phenoxy) is 3. The van der Waals surface area contributed by atoms with Gasteiger partial charge in [0.15, 0.2) is 6.29 Å². The second-order valence-electron chi connectivity index (χ2n) is 3.84. The highest BCUT2D eigenvalue weighted by Crippen LogP contribution is 2.27. The molecule has 0 fully saturated rings. The predicted molar refractivity (Wildman–Crippen MR) is 65.1 cm³/mol. The molecule has 1 unspecified atom stereocenters. The molecule has 0 aromatic heterocycles. The van der Waals surface area contributed by atoms with Gasteiger partial charge in [-0.15, -0.1) is 13.2 Å². The van der Waals surface area contributed by atoms with E-state index >= 15 is 0 Å². The fourth-order valence-electron chi connectivity index (χ4n) is 1.61. The predicted octanol–water partition coefficient (Wildman–Crippen LogP) is 3.02. The number of benzene rings is 1. The molecule has 7 heteroatoms. The Kier molecular flexibility index (Phi) is 6.25. The first kappa shape index (κ1) is 16.7. The maximum Gasteiger partial charge on any atom is 0.573 e. The zero-order valence-corrected chi connectivity index (χ0v) is 11.2. The van der Waals surface area contributed by atoms with E-state index in [-0.39, 0.29) is 5.56 Å². The van der Waals surface area contributed by atoms with Crippen molar-refractivity contribution in [2.45, 2.75) is 32.6 Å². The zero-order valence-electron chi connectivity index (χ0n) is 11.2. The summed E-state index contributed by atoms with van der Waals surface area (Å²) in [5.74, 6) is -0.402. The summed E-state index contributed by atoms with van der Waals surface area (Å²) in [5.41, 5.74) is 0.221. The van der Waals surface area contributed by atoms with Crippen LogP contribution in [0, 0.1) is 0 Å². The minimum Gasteiger partial charge on any atom is -0.406 e. The van der Waals surface area contributed by atoms with Crippen molar-refractivity contribution >= 4 is 0 Å². The molecular weight excluding hydrogens is 277 g/mol. The normalized spacial score (nSPS) is 13.6. The Balaban J connectivity index is 2.86. The van der Waals surface area contributed by atoms with E-state index in [1.807, 2.05) is 0 Å². The molecule has 1 aromatic carbocycles. The fourth-order valence-corrected chi connectivity index (χ4v) is 1.61. The van der Waals surface area contributed by atoms with Crippen LogP contribution in [-0.4, -0.2) is 31.0 Å². The fraction of sp³-hybridized carbons (Fsp3) is 0.538. The van der Waals surface area contributed by atoms with Crippen LogP contribution < -0.4 is 4.74 Å². The van der Waals surface area contributed by atoms with Crippen LogP contribution in [0.3, 0.4) is 0 Å². The monoisotopic (exact) mass is 294 g/mol. The van der Waals surface area contributed by atoms with Crippen molar-refractivity contribution in [3.63, 3.8) is 0 Å². The summed E-state index contributed by atoms with van der Waals surface area (Å²) < 4.78 is 50.6. The molecule has 114 valence electrons. The molecule has 0 aliphatic heterocycles. The van der Waals surface area contributed by atoms with Crippen LogP contribution in [0.25, 0.3) is 0 Å². The topological polar surface area (TPSA) is 47.9 Å². The first-order chi connectivity index (χ1) is 9.37. The molecule has 1 N–H and O–H groups in total. The van der Waals surface area contributed by atoms with Gasteiger partial charge in [0.1, 0.15) is 11.9 Å². The third kappa shape index (κ3) is 5.36. The van der Waals surface area contributed by atoms with E-state index in [4.69, 9.17) is 9.47 Å². The molecule has 0 saturated carbocycles. The lowest BCUT2D eigenvalue weighted by molar-refractivity contribution is -0.274. The van der Waals surface area contributed by atoms with Gasteiger partial charge >= 0.3 is 6.36 Å². The minimum absolute atomic E-state index is 0.221. The molecule has 1 atom stereocenters. The standard InChI is InChI=1S/C13H17F3O4/c1-3-18-12(19-4-2)11(17)9-6-5-7-10(8-9)20-13(14,15)16/h5-8,11-12,17H,3-4H2,1-2H3. The molecule has 1 aromatic rings. The Morgan fingerprint density at radius 2 is 1.75 bits per heavy atom. The van der Waals surface area contributed by atoms with E-state index in [0.29, 0.717) is 13.2 Å². The molecule has 0 saturated heterocycles. The van der Waals surface area contributed by atoms with Gasteiger partial charge in [-0.2, -0.15) is 0 Å². The molecule has 0 aliphatic rings. The number of hydrogen-bond donors (Lipinski definition) is 1. The van der Waals surface area contributed by atoms with Gasteiger partial charge in [-0.1, -0.05) is 12.1 Å². The van der Waals surface area contributed by atoms with E-state index in [1.54, 1.807) is 13.8 Å². The Labute approximate surface area is 115 Å². The van der Waals surface area contributed by atoms with E-state index < -0.39 is 24.5 Å². The van der Waals surface area contributed by atoms with Gasteiger partial charge in [0.2, 0.25) is 0 Å². The van der Waals surface area contributed by atoms with Crippen LogP contribution >= 0.6 is 0 Å². The van der Waals surface area contributed by atoms with Crippen LogP contribution in [0.2, 0.25) is 0 Å². The lowest BCUT2D eigenvalue weighted by Crippen LogP contribution is -2.26. The molecule has 0 amide bonds. The molecule has 0 radical (unpaired) electrons. The van der Waals surface area contributed by atoms with Gasteiger partial charge in [0.25, 0.3) is 0 Å². The van der Waals surface area contributed by atoms with Crippen molar-refractivity contribution in [3.05, 3.63) is 29.8 Å². The van der Waals surface area contributed by atoms with Crippen molar-refractivity contribution < 1.29 is 32.5 Å². The van der Waals surface area contributed by atoms with Crippen LogP contribution in [0.15, 0.2) is 24.3 Å². The van der Waals surface area contributed by atoms with Gasteiger partial charge in [-0.05, 0) is 31.5 Å². The van der Waals surface area contributed by atoms with Gasteiger partial charge in [0.05, 0.1) is 0 Å². The molecule has 1 rings (SSSR count). The van der Waals surface area contributed by atoms with Gasteiger partial charge in [-0.25, -0.2) is 0 Å². The quantitative estimate of drug-likeness (QED) is 0.785. The summed E-state index contributed by atoms with van der Waals surface area (Å²) in [5, 5.41) is 10.1. The van der Waals surface area contributed by atoms with Crippen molar-refractivity contribution in [2.24, 2.45) is 0 Å². The first-order valence-electron chi connectivity index (χ1n) is 6.14. The maximum atomic E-state index is 12.1. The molecule has 4 nitrogen and oxygen atoms in total. The number of alkyl halides is 3. The van der Waals surface area contributed by atoms with Gasteiger partial charge < -0.3 is 19.3 Å². The molecule has 0 aliphatic carbocycles. The third-order valence-corrected chi connectivity index (χ3v) is 2.35. The van der Waals surface area contributed by atoms with Gasteiger partial charge in [-0.3, -0.25) is 0 Å². The summed E-state index contributed by atoms with van der Waals surface area (Å²) in [6, 6.07) is 5.08. The summed E-state index contributed by atoms with van der Waals surface area (Å²) in [7, 11) is 0. The lowest BCUT2D eigenvalue weighted by atomic mass is 10.1. The number of aliphatic hydroxyl groups is 1. The SMILES string of the molecule is CCOC(OCC)C(O)c1cccc(OC(F)(F)F)c1. The van der Waals surface area contributed by atoms with Crippen LogP contribution in [0.5, 0.6) is 5.75 Å². The highest BCUT2D eigenvalue weighted by Gasteiger charge is 2.31. The van der Waals surface area contributed by atoms with Crippen molar-refractivity contribution in [2.75, 3.05) is 13.2 Å². The van der Waals surface area contributed by atoms with E-state index in [0.717, 1.165) is 12.1 Å². The van der Waals surface area contributed by atoms with Crippen molar-refractivity contribution in [1.29, 1.82) is 0 Å². The number of halogens is 3. The molecular formula is C13H17F3O4. The molecule has 0 bridgehead atoms. The highest BCUT2D eigenvalue weighted by atomic mass is 19.4. The average molecular weight is 294 g/mol. The first-order valence-corrected chi connectivity index (χ1v) is 6.14. The summed E-state index contributed by atoms with van der Waals surface area (Å²) in [4.78, 5) is 0. The molecule has 0 heterocycles. The summed E-state index contributed by atoms with van der Waals surface area (Å²) >= 11 is 0. The lowest BCUT2D eigenvalue weighted by Gasteiger charge is -2.23. The number of aliphatic hydroxyl groups excluding tert-OH is 1. The smallest absolute Gasteiger partial charge is 0.406 e. The third-order valence-electron chi connectivity index (χ3n) is 2.35. The Morgan fingerprint density at radius 3 is 2.25 bits per heavy atom. The molecule has 0 spiro atoms. The zero-order chi connectivity index (χ0) is 15.2. The minimum atomic E-state index is -4.77. The van der Waals surface area contributed by atoms with Crippen LogP contribution in [0.4, 0.5) is 13.2 Å². The van der Waals surface area contributed by atoms with E-state index in [9.17, 15) is 18.3 Å².